The zero-order valence-electron chi connectivity index (χ0n) is 18.5. The Bertz CT molecular complexity index is 1030. The first-order valence-electron chi connectivity index (χ1n) is 10.9. The van der Waals surface area contributed by atoms with Gasteiger partial charge in [0.2, 0.25) is 0 Å². The largest absolute Gasteiger partial charge is 0.491 e. The van der Waals surface area contributed by atoms with Crippen molar-refractivity contribution in [2.24, 2.45) is 5.92 Å². The number of aromatic nitrogens is 4. The zero-order valence-corrected chi connectivity index (χ0v) is 18.5. The van der Waals surface area contributed by atoms with E-state index in [0.29, 0.717) is 24.0 Å². The quantitative estimate of drug-likeness (QED) is 0.528. The van der Waals surface area contributed by atoms with Crippen molar-refractivity contribution in [1.29, 1.82) is 0 Å². The van der Waals surface area contributed by atoms with Gasteiger partial charge in [-0.25, -0.2) is 19.9 Å². The molecule has 1 aromatic carbocycles. The third-order valence-electron chi connectivity index (χ3n) is 5.56. The van der Waals surface area contributed by atoms with E-state index in [2.05, 4.69) is 22.2 Å². The van der Waals surface area contributed by atoms with Gasteiger partial charge in [0.05, 0.1) is 5.69 Å². The van der Waals surface area contributed by atoms with E-state index in [9.17, 15) is 5.11 Å². The molecular formula is C24H29N5O3. The summed E-state index contributed by atoms with van der Waals surface area (Å²) in [4.78, 5) is 18.1. The average molecular weight is 436 g/mol. The van der Waals surface area contributed by atoms with Gasteiger partial charge in [-0.3, -0.25) is 0 Å². The molecule has 1 unspecified atom stereocenters. The standard InChI is InChI=1S/C24H29N5O3/c1-16-22(8-17-6-7-31-13-17)28-24(29-23(16)19-10-26-15-27-11-19)18-4-3-5-21(9-18)32-14-20(30)12-25-2/h3-5,9-11,15,17,20,25,30H,6-8,12-14H2,1-2H3/t17-,20?/m0/s1. The minimum absolute atomic E-state index is 0.207. The van der Waals surface area contributed by atoms with E-state index in [1.54, 1.807) is 19.4 Å². The Labute approximate surface area is 188 Å². The molecule has 1 saturated heterocycles. The molecule has 0 radical (unpaired) electrons. The molecule has 2 aromatic heterocycles. The van der Waals surface area contributed by atoms with Gasteiger partial charge in [0.1, 0.15) is 24.8 Å². The molecule has 8 nitrogen and oxygen atoms in total. The normalized spacial score (nSPS) is 16.8. The molecule has 32 heavy (non-hydrogen) atoms. The maximum atomic E-state index is 9.93. The number of aliphatic hydroxyl groups is 1. The number of hydrogen-bond donors (Lipinski definition) is 2. The van der Waals surface area contributed by atoms with Gasteiger partial charge in [0.25, 0.3) is 0 Å². The number of nitrogens with zero attached hydrogens (tertiary/aromatic N) is 4. The summed E-state index contributed by atoms with van der Waals surface area (Å²) in [6.45, 7) is 4.30. The second-order valence-electron chi connectivity index (χ2n) is 8.08. The van der Waals surface area contributed by atoms with Crippen molar-refractivity contribution >= 4 is 0 Å². The van der Waals surface area contributed by atoms with Crippen molar-refractivity contribution in [3.8, 4) is 28.4 Å². The van der Waals surface area contributed by atoms with Gasteiger partial charge in [-0.2, -0.15) is 0 Å². The third-order valence-corrected chi connectivity index (χ3v) is 5.56. The minimum Gasteiger partial charge on any atom is -0.491 e. The molecule has 4 rings (SSSR count). The van der Waals surface area contributed by atoms with Crippen LogP contribution in [0.4, 0.5) is 0 Å². The van der Waals surface area contributed by atoms with Gasteiger partial charge in [-0.05, 0) is 50.4 Å². The third kappa shape index (κ3) is 5.45. The van der Waals surface area contributed by atoms with E-state index in [4.69, 9.17) is 19.4 Å². The highest BCUT2D eigenvalue weighted by Crippen LogP contribution is 2.29. The van der Waals surface area contributed by atoms with Gasteiger partial charge < -0.3 is 19.9 Å². The average Bonchev–Trinajstić information content (AvgIpc) is 3.33. The van der Waals surface area contributed by atoms with Crippen LogP contribution in [0.3, 0.4) is 0 Å². The summed E-state index contributed by atoms with van der Waals surface area (Å²) in [5.74, 6) is 1.75. The first-order valence-corrected chi connectivity index (χ1v) is 10.9. The number of hydrogen-bond acceptors (Lipinski definition) is 8. The molecule has 3 heterocycles. The van der Waals surface area contributed by atoms with E-state index in [0.717, 1.165) is 54.1 Å². The molecule has 0 saturated carbocycles. The first kappa shape index (κ1) is 22.3. The lowest BCUT2D eigenvalue weighted by atomic mass is 9.97. The summed E-state index contributed by atoms with van der Waals surface area (Å²) >= 11 is 0. The SMILES string of the molecule is CNCC(O)COc1cccc(-c2nc(C[C@@H]3CCOC3)c(C)c(-c3cncnc3)n2)c1. The van der Waals surface area contributed by atoms with Crippen molar-refractivity contribution in [3.05, 3.63) is 54.2 Å². The Morgan fingerprint density at radius 1 is 1.22 bits per heavy atom. The van der Waals surface area contributed by atoms with Crippen molar-refractivity contribution in [3.63, 3.8) is 0 Å². The van der Waals surface area contributed by atoms with E-state index < -0.39 is 6.10 Å². The van der Waals surface area contributed by atoms with E-state index >= 15 is 0 Å². The fourth-order valence-corrected chi connectivity index (χ4v) is 3.82. The highest BCUT2D eigenvalue weighted by molar-refractivity contribution is 5.67. The molecule has 3 aromatic rings. The summed E-state index contributed by atoms with van der Waals surface area (Å²) in [6, 6.07) is 7.65. The predicted octanol–water partition coefficient (Wildman–Crippen LogP) is 2.45. The number of rotatable bonds is 9. The van der Waals surface area contributed by atoms with Crippen LogP contribution in [0.1, 0.15) is 17.7 Å². The lowest BCUT2D eigenvalue weighted by molar-refractivity contribution is 0.108. The zero-order chi connectivity index (χ0) is 22.3. The van der Waals surface area contributed by atoms with Gasteiger partial charge in [0.15, 0.2) is 5.82 Å². The topological polar surface area (TPSA) is 102 Å². The fraction of sp³-hybridized carbons (Fsp3) is 0.417. The Morgan fingerprint density at radius 3 is 2.81 bits per heavy atom. The Kier molecular flexibility index (Phi) is 7.36. The van der Waals surface area contributed by atoms with Gasteiger partial charge in [-0.15, -0.1) is 0 Å². The smallest absolute Gasteiger partial charge is 0.160 e. The number of benzene rings is 1. The molecular weight excluding hydrogens is 406 g/mol. The van der Waals surface area contributed by atoms with Gasteiger partial charge in [-0.1, -0.05) is 12.1 Å². The maximum absolute atomic E-state index is 9.93. The van der Waals surface area contributed by atoms with Crippen LogP contribution in [-0.2, 0) is 11.2 Å². The van der Waals surface area contributed by atoms with Crippen LogP contribution >= 0.6 is 0 Å². The van der Waals surface area contributed by atoms with Crippen LogP contribution in [-0.4, -0.2) is 64.6 Å². The summed E-state index contributed by atoms with van der Waals surface area (Å²) in [6.07, 6.45) is 6.37. The summed E-state index contributed by atoms with van der Waals surface area (Å²) in [5, 5.41) is 12.9. The molecule has 0 spiro atoms. The van der Waals surface area contributed by atoms with Crippen LogP contribution in [0.25, 0.3) is 22.6 Å². The highest BCUT2D eigenvalue weighted by Gasteiger charge is 2.21. The number of nitrogens with one attached hydrogen (secondary N) is 1. The Hall–Kier alpha value is -2.94. The van der Waals surface area contributed by atoms with Crippen LogP contribution in [0.2, 0.25) is 0 Å². The van der Waals surface area contributed by atoms with Crippen LogP contribution in [0.5, 0.6) is 5.75 Å². The molecule has 0 aliphatic carbocycles. The van der Waals surface area contributed by atoms with Crippen LogP contribution in [0.15, 0.2) is 43.0 Å². The summed E-state index contributed by atoms with van der Waals surface area (Å²) in [5.41, 5.74) is 4.60. The highest BCUT2D eigenvalue weighted by atomic mass is 16.5. The molecule has 1 aliphatic heterocycles. The van der Waals surface area contributed by atoms with Crippen molar-refractivity contribution in [2.45, 2.75) is 25.9 Å². The molecule has 0 amide bonds. The maximum Gasteiger partial charge on any atom is 0.160 e. The summed E-state index contributed by atoms with van der Waals surface area (Å²) in [7, 11) is 1.79. The van der Waals surface area contributed by atoms with E-state index in [-0.39, 0.29) is 6.61 Å². The molecule has 168 valence electrons. The minimum atomic E-state index is -0.579. The fourth-order valence-electron chi connectivity index (χ4n) is 3.82. The second kappa shape index (κ2) is 10.6. The number of likely N-dealkylation sites (N-methyl/N-ethyl adjacent to an activating group) is 1. The van der Waals surface area contributed by atoms with Crippen molar-refractivity contribution < 1.29 is 14.6 Å². The monoisotopic (exact) mass is 435 g/mol. The Balaban J connectivity index is 1.67. The lowest BCUT2D eigenvalue weighted by Gasteiger charge is -2.16. The van der Waals surface area contributed by atoms with E-state index in [1.165, 1.54) is 6.33 Å². The second-order valence-corrected chi connectivity index (χ2v) is 8.08. The molecule has 2 atom stereocenters. The van der Waals surface area contributed by atoms with Crippen molar-refractivity contribution in [2.75, 3.05) is 33.4 Å². The Morgan fingerprint density at radius 2 is 2.06 bits per heavy atom. The molecule has 1 fully saturated rings. The molecule has 2 N–H and O–H groups in total. The molecule has 1 aliphatic rings. The molecule has 8 heteroatoms. The van der Waals surface area contributed by atoms with Crippen LogP contribution < -0.4 is 10.1 Å². The van der Waals surface area contributed by atoms with Crippen molar-refractivity contribution in [1.82, 2.24) is 25.3 Å². The predicted molar refractivity (Wildman–Crippen MR) is 121 cm³/mol. The van der Waals surface area contributed by atoms with Gasteiger partial charge in [0, 0.05) is 49.0 Å². The van der Waals surface area contributed by atoms with E-state index in [1.807, 2.05) is 24.3 Å². The van der Waals surface area contributed by atoms with Gasteiger partial charge >= 0.3 is 0 Å². The molecule has 0 bridgehead atoms. The van der Waals surface area contributed by atoms with Crippen LogP contribution in [0, 0.1) is 12.8 Å². The lowest BCUT2D eigenvalue weighted by Crippen LogP contribution is -2.29. The first-order chi connectivity index (χ1) is 15.6. The number of ether oxygens (including phenoxy) is 2. The number of aliphatic hydroxyl groups excluding tert-OH is 1. The summed E-state index contributed by atoms with van der Waals surface area (Å²) < 4.78 is 11.4.